The summed E-state index contributed by atoms with van der Waals surface area (Å²) in [6, 6.07) is 0. The third-order valence-corrected chi connectivity index (χ3v) is 5.00. The molecular weight excluding hydrogens is 292 g/mol. The highest BCUT2D eigenvalue weighted by Crippen LogP contribution is 2.40. The van der Waals surface area contributed by atoms with Crippen molar-refractivity contribution in [3.63, 3.8) is 0 Å². The Bertz CT molecular complexity index is 663. The van der Waals surface area contributed by atoms with Gasteiger partial charge < -0.3 is 15.4 Å². The van der Waals surface area contributed by atoms with E-state index in [4.69, 9.17) is 10.5 Å². The number of anilines is 1. The Morgan fingerprint density at radius 2 is 2.17 bits per heavy atom. The summed E-state index contributed by atoms with van der Waals surface area (Å²) in [5.74, 6) is 0.344. The Balaban J connectivity index is 1.44. The number of likely N-dealkylation sites (tertiary alicyclic amines) is 1. The zero-order valence-corrected chi connectivity index (χ0v) is 13.2. The fourth-order valence-electron chi connectivity index (χ4n) is 3.64. The van der Waals surface area contributed by atoms with Crippen LogP contribution in [0.2, 0.25) is 0 Å². The molecule has 0 aliphatic carbocycles. The van der Waals surface area contributed by atoms with E-state index in [-0.39, 0.29) is 5.60 Å². The van der Waals surface area contributed by atoms with Crippen molar-refractivity contribution in [2.75, 3.05) is 32.0 Å². The summed E-state index contributed by atoms with van der Waals surface area (Å²) in [5, 5.41) is 6.86. The molecule has 0 amide bonds. The molecule has 3 N–H and O–H groups in total. The summed E-state index contributed by atoms with van der Waals surface area (Å²) in [4.78, 5) is 11.1. The number of rotatable bonds is 3. The molecule has 7 heteroatoms. The molecule has 2 aliphatic heterocycles. The SMILES string of the molecule is Nc1ncc2c(n1)C1(CCN(CCc3cn[nH]c3)CC1)OCC2. The number of nitrogens with one attached hydrogen (secondary N) is 1. The highest BCUT2D eigenvalue weighted by molar-refractivity contribution is 5.32. The minimum atomic E-state index is -0.267. The number of nitrogen functional groups attached to an aromatic ring is 1. The number of H-pyrrole nitrogens is 1. The lowest BCUT2D eigenvalue weighted by atomic mass is 9.83. The lowest BCUT2D eigenvalue weighted by Crippen LogP contribution is -2.47. The van der Waals surface area contributed by atoms with E-state index in [2.05, 4.69) is 25.1 Å². The van der Waals surface area contributed by atoms with Gasteiger partial charge in [0.25, 0.3) is 0 Å². The Labute approximate surface area is 135 Å². The zero-order valence-electron chi connectivity index (χ0n) is 13.2. The van der Waals surface area contributed by atoms with Crippen LogP contribution in [-0.4, -0.2) is 51.3 Å². The highest BCUT2D eigenvalue weighted by atomic mass is 16.5. The first-order valence-electron chi connectivity index (χ1n) is 8.21. The minimum absolute atomic E-state index is 0.267. The fourth-order valence-corrected chi connectivity index (χ4v) is 3.64. The maximum atomic E-state index is 6.20. The Hall–Kier alpha value is -1.99. The number of aromatic nitrogens is 4. The number of hydrogen-bond donors (Lipinski definition) is 2. The second-order valence-electron chi connectivity index (χ2n) is 6.39. The quantitative estimate of drug-likeness (QED) is 0.874. The molecule has 2 aromatic heterocycles. The van der Waals surface area contributed by atoms with Gasteiger partial charge in [0, 0.05) is 32.0 Å². The molecule has 0 saturated carbocycles. The Morgan fingerprint density at radius 1 is 1.30 bits per heavy atom. The Morgan fingerprint density at radius 3 is 2.96 bits per heavy atom. The lowest BCUT2D eigenvalue weighted by Gasteiger charge is -2.44. The van der Waals surface area contributed by atoms with Crippen molar-refractivity contribution in [2.45, 2.75) is 31.3 Å². The molecule has 0 bridgehead atoms. The number of nitrogens with zero attached hydrogens (tertiary/aromatic N) is 4. The van der Waals surface area contributed by atoms with Crippen LogP contribution in [0.25, 0.3) is 0 Å². The van der Waals surface area contributed by atoms with Crippen LogP contribution in [0.15, 0.2) is 18.6 Å². The van der Waals surface area contributed by atoms with Gasteiger partial charge >= 0.3 is 0 Å². The second-order valence-corrected chi connectivity index (χ2v) is 6.39. The van der Waals surface area contributed by atoms with Crippen LogP contribution in [0.1, 0.15) is 29.7 Å². The number of nitrogens with two attached hydrogens (primary N) is 1. The molecule has 2 aliphatic rings. The van der Waals surface area contributed by atoms with E-state index in [1.165, 1.54) is 11.1 Å². The topological polar surface area (TPSA) is 93.0 Å². The van der Waals surface area contributed by atoms with E-state index in [0.29, 0.717) is 5.95 Å². The van der Waals surface area contributed by atoms with Gasteiger partial charge in [-0.3, -0.25) is 5.10 Å². The van der Waals surface area contributed by atoms with Crippen molar-refractivity contribution in [1.29, 1.82) is 0 Å². The van der Waals surface area contributed by atoms with Crippen molar-refractivity contribution in [1.82, 2.24) is 25.1 Å². The average molecular weight is 314 g/mol. The third kappa shape index (κ3) is 2.82. The van der Waals surface area contributed by atoms with E-state index in [1.54, 1.807) is 0 Å². The molecule has 7 nitrogen and oxygen atoms in total. The molecule has 0 unspecified atom stereocenters. The first kappa shape index (κ1) is 14.6. The molecular formula is C16H22N6O. The van der Waals surface area contributed by atoms with Crippen LogP contribution >= 0.6 is 0 Å². The van der Waals surface area contributed by atoms with E-state index < -0.39 is 0 Å². The number of fused-ring (bicyclic) bond motifs is 2. The number of ether oxygens (including phenoxy) is 1. The van der Waals surface area contributed by atoms with Gasteiger partial charge in [-0.05, 0) is 36.8 Å². The summed E-state index contributed by atoms with van der Waals surface area (Å²) < 4.78 is 6.20. The molecule has 23 heavy (non-hydrogen) atoms. The standard InChI is InChI=1S/C16H22N6O/c17-15-18-11-13-2-8-23-16(14(13)21-15)3-6-22(7-4-16)5-1-12-9-19-20-10-12/h9-11H,1-8H2,(H,19,20)(H2,17,18,21). The van der Waals surface area contributed by atoms with Crippen molar-refractivity contribution in [2.24, 2.45) is 0 Å². The minimum Gasteiger partial charge on any atom is -0.368 e. The van der Waals surface area contributed by atoms with Crippen molar-refractivity contribution >= 4 is 5.95 Å². The van der Waals surface area contributed by atoms with Crippen LogP contribution in [0.5, 0.6) is 0 Å². The van der Waals surface area contributed by atoms with Crippen molar-refractivity contribution in [3.8, 4) is 0 Å². The summed E-state index contributed by atoms with van der Waals surface area (Å²) in [6.07, 6.45) is 9.55. The molecule has 0 atom stereocenters. The molecule has 1 saturated heterocycles. The van der Waals surface area contributed by atoms with Gasteiger partial charge in [-0.2, -0.15) is 5.10 Å². The molecule has 1 spiro atoms. The van der Waals surface area contributed by atoms with Gasteiger partial charge in [0.05, 0.1) is 18.5 Å². The maximum Gasteiger partial charge on any atom is 0.220 e. The van der Waals surface area contributed by atoms with Gasteiger partial charge in [-0.25, -0.2) is 9.97 Å². The molecule has 2 aromatic rings. The molecule has 0 aromatic carbocycles. The average Bonchev–Trinajstić information content (AvgIpc) is 3.09. The van der Waals surface area contributed by atoms with Gasteiger partial charge in [-0.15, -0.1) is 0 Å². The number of hydrogen-bond acceptors (Lipinski definition) is 6. The van der Waals surface area contributed by atoms with Crippen LogP contribution in [-0.2, 0) is 23.2 Å². The van der Waals surface area contributed by atoms with Crippen LogP contribution < -0.4 is 5.73 Å². The molecule has 1 fully saturated rings. The normalized spacial score (nSPS) is 20.5. The monoisotopic (exact) mass is 314 g/mol. The van der Waals surface area contributed by atoms with Crippen LogP contribution in [0, 0.1) is 0 Å². The molecule has 122 valence electrons. The number of aromatic amines is 1. The molecule has 0 radical (unpaired) electrons. The van der Waals surface area contributed by atoms with Gasteiger partial charge in [-0.1, -0.05) is 0 Å². The smallest absolute Gasteiger partial charge is 0.220 e. The van der Waals surface area contributed by atoms with E-state index in [1.807, 2.05) is 18.6 Å². The predicted molar refractivity (Wildman–Crippen MR) is 85.7 cm³/mol. The van der Waals surface area contributed by atoms with Crippen molar-refractivity contribution < 1.29 is 4.74 Å². The molecule has 4 heterocycles. The largest absolute Gasteiger partial charge is 0.368 e. The zero-order chi connectivity index (χ0) is 15.7. The number of piperidine rings is 1. The van der Waals surface area contributed by atoms with Gasteiger partial charge in [0.15, 0.2) is 0 Å². The van der Waals surface area contributed by atoms with Crippen LogP contribution in [0.4, 0.5) is 5.95 Å². The fraction of sp³-hybridized carbons (Fsp3) is 0.562. The molecule has 4 rings (SSSR count). The van der Waals surface area contributed by atoms with Crippen molar-refractivity contribution in [3.05, 3.63) is 35.4 Å². The van der Waals surface area contributed by atoms with Gasteiger partial charge in [0.1, 0.15) is 5.60 Å². The summed E-state index contributed by atoms with van der Waals surface area (Å²) >= 11 is 0. The van der Waals surface area contributed by atoms with E-state index >= 15 is 0 Å². The maximum absolute atomic E-state index is 6.20. The first-order chi connectivity index (χ1) is 11.3. The summed E-state index contributed by atoms with van der Waals surface area (Å²) in [7, 11) is 0. The highest BCUT2D eigenvalue weighted by Gasteiger charge is 2.42. The van der Waals surface area contributed by atoms with Crippen LogP contribution in [0.3, 0.4) is 0 Å². The first-order valence-corrected chi connectivity index (χ1v) is 8.21. The Kier molecular flexibility index (Phi) is 3.74. The lowest BCUT2D eigenvalue weighted by molar-refractivity contribution is -0.101. The third-order valence-electron chi connectivity index (χ3n) is 5.00. The van der Waals surface area contributed by atoms with Gasteiger partial charge in [0.2, 0.25) is 5.95 Å². The van der Waals surface area contributed by atoms with E-state index in [0.717, 1.165) is 57.6 Å². The summed E-state index contributed by atoms with van der Waals surface area (Å²) in [6.45, 7) is 3.83. The summed E-state index contributed by atoms with van der Waals surface area (Å²) in [5.41, 5.74) is 9.00. The second kappa shape index (κ2) is 5.90. The predicted octanol–water partition coefficient (Wildman–Crippen LogP) is 0.888. The van der Waals surface area contributed by atoms with E-state index in [9.17, 15) is 0 Å².